The van der Waals surface area contributed by atoms with E-state index < -0.39 is 23.0 Å². The minimum absolute atomic E-state index is 0.376. The van der Waals surface area contributed by atoms with Crippen molar-refractivity contribution in [2.75, 3.05) is 6.61 Å². The molecule has 0 aliphatic carbocycles. The molecule has 0 radical (unpaired) electrons. The molecule has 0 amide bonds. The number of halogens is 4. The van der Waals surface area contributed by atoms with Gasteiger partial charge in [0.05, 0.1) is 13.2 Å². The lowest BCUT2D eigenvalue weighted by Crippen LogP contribution is -2.13. The Kier molecular flexibility index (Phi) is 9.24. The second-order valence-corrected chi connectivity index (χ2v) is 8.73. The fourth-order valence-corrected chi connectivity index (χ4v) is 3.38. The lowest BCUT2D eigenvalue weighted by atomic mass is 9.95. The minimum atomic E-state index is -3.19. The Balaban J connectivity index is 2.11. The molecule has 1 nitrogen and oxygen atoms in total. The molecule has 5 heteroatoms. The Hall–Kier alpha value is -2.66. The Morgan fingerprint density at radius 1 is 0.879 bits per heavy atom. The average molecular weight is 461 g/mol. The van der Waals surface area contributed by atoms with Gasteiger partial charge in [-0.25, -0.2) is 17.6 Å². The molecular weight excluding hydrogens is 428 g/mol. The van der Waals surface area contributed by atoms with Gasteiger partial charge in [-0.05, 0) is 61.6 Å². The zero-order valence-corrected chi connectivity index (χ0v) is 19.7. The maximum atomic E-state index is 13.9. The average Bonchev–Trinajstić information content (AvgIpc) is 2.71. The molecule has 178 valence electrons. The Labute approximate surface area is 194 Å². The van der Waals surface area contributed by atoms with Crippen molar-refractivity contribution < 1.29 is 22.3 Å². The monoisotopic (exact) mass is 460 g/mol. The van der Waals surface area contributed by atoms with Gasteiger partial charge >= 0.3 is 0 Å². The third-order valence-corrected chi connectivity index (χ3v) is 5.06. The van der Waals surface area contributed by atoms with E-state index in [0.29, 0.717) is 31.6 Å². The number of hydrogen-bond donors (Lipinski definition) is 0. The summed E-state index contributed by atoms with van der Waals surface area (Å²) in [6, 6.07) is 13.4. The number of aryl methyl sites for hydroxylation is 1. The number of hydrogen-bond acceptors (Lipinski definition) is 1. The molecule has 0 heterocycles. The van der Waals surface area contributed by atoms with Crippen molar-refractivity contribution >= 4 is 0 Å². The van der Waals surface area contributed by atoms with Crippen LogP contribution < -0.4 is 0 Å². The zero-order valence-electron chi connectivity index (χ0n) is 19.7. The highest BCUT2D eigenvalue weighted by atomic mass is 19.3. The molecule has 0 saturated heterocycles. The van der Waals surface area contributed by atoms with Crippen LogP contribution in [-0.2, 0) is 29.6 Å². The molecule has 0 bridgehead atoms. The van der Waals surface area contributed by atoms with Gasteiger partial charge in [0.2, 0.25) is 0 Å². The summed E-state index contributed by atoms with van der Waals surface area (Å²) in [6.07, 6.45) is 4.83. The van der Waals surface area contributed by atoms with Gasteiger partial charge in [-0.1, -0.05) is 60.2 Å². The predicted octanol–water partition coefficient (Wildman–Crippen LogP) is 8.51. The van der Waals surface area contributed by atoms with E-state index in [2.05, 4.69) is 6.58 Å². The normalized spacial score (nSPS) is 13.3. The number of rotatable bonds is 11. The number of allylic oxidation sites excluding steroid dienone is 3. The first-order valence-electron chi connectivity index (χ1n) is 10.9. The van der Waals surface area contributed by atoms with Crippen LogP contribution in [0.25, 0.3) is 0 Å². The van der Waals surface area contributed by atoms with Gasteiger partial charge in [-0.15, -0.1) is 0 Å². The van der Waals surface area contributed by atoms with E-state index in [9.17, 15) is 17.6 Å². The summed E-state index contributed by atoms with van der Waals surface area (Å²) in [5, 5.41) is 0. The summed E-state index contributed by atoms with van der Waals surface area (Å²) in [5.74, 6) is -6.37. The molecule has 33 heavy (non-hydrogen) atoms. The van der Waals surface area contributed by atoms with Gasteiger partial charge in [0.15, 0.2) is 0 Å². The van der Waals surface area contributed by atoms with E-state index in [0.717, 1.165) is 42.2 Å². The second kappa shape index (κ2) is 11.5. The summed E-state index contributed by atoms with van der Waals surface area (Å²) in [7, 11) is 0. The molecular formula is C28H32F4O. The topological polar surface area (TPSA) is 9.23 Å². The zero-order chi connectivity index (χ0) is 24.6. The van der Waals surface area contributed by atoms with Crippen molar-refractivity contribution in [1.29, 1.82) is 0 Å². The lowest BCUT2D eigenvalue weighted by Gasteiger charge is -2.18. The summed E-state index contributed by atoms with van der Waals surface area (Å²) in [4.78, 5) is 0. The minimum Gasteiger partial charge on any atom is -0.372 e. The maximum absolute atomic E-state index is 13.9. The van der Waals surface area contributed by atoms with Crippen molar-refractivity contribution in [2.24, 2.45) is 0 Å². The van der Waals surface area contributed by atoms with E-state index >= 15 is 0 Å². The summed E-state index contributed by atoms with van der Waals surface area (Å²) in [5.41, 5.74) is 3.55. The number of benzene rings is 2. The molecule has 0 atom stereocenters. The van der Waals surface area contributed by atoms with Gasteiger partial charge in [0.1, 0.15) is 0 Å². The summed E-state index contributed by atoms with van der Waals surface area (Å²) < 4.78 is 61.2. The molecule has 0 aliphatic rings. The van der Waals surface area contributed by atoms with Crippen molar-refractivity contribution in [1.82, 2.24) is 0 Å². The van der Waals surface area contributed by atoms with E-state index in [1.165, 1.54) is 12.1 Å². The second-order valence-electron chi connectivity index (χ2n) is 8.73. The van der Waals surface area contributed by atoms with E-state index in [1.807, 2.05) is 56.3 Å². The van der Waals surface area contributed by atoms with Gasteiger partial charge in [-0.2, -0.15) is 0 Å². The molecule has 2 aromatic carbocycles. The van der Waals surface area contributed by atoms with Crippen molar-refractivity contribution in [3.8, 4) is 0 Å². The van der Waals surface area contributed by atoms with Crippen LogP contribution in [0.4, 0.5) is 17.6 Å². The van der Waals surface area contributed by atoms with E-state index in [1.54, 1.807) is 0 Å². The molecule has 0 spiro atoms. The fourth-order valence-electron chi connectivity index (χ4n) is 3.38. The molecule has 0 saturated carbocycles. The standard InChI is InChI=1S/C28H32F4O/c1-20(2)13-24(19-33-18-22-9-7-6-8-10-22)14-21(3)11-12-23-15-25(27(4,29)30)17-26(16-23)28(5,31)32/h6-10,13-17H,1,11-12,18-19H2,2-5H3/b21-14+,24-13+. The summed E-state index contributed by atoms with van der Waals surface area (Å²) in [6.45, 7) is 10.1. The Bertz CT molecular complexity index is 961. The smallest absolute Gasteiger partial charge is 0.270 e. The molecule has 0 fully saturated rings. The molecule has 0 aromatic heterocycles. The number of alkyl halides is 4. The van der Waals surface area contributed by atoms with Gasteiger partial charge in [-0.3, -0.25) is 0 Å². The largest absolute Gasteiger partial charge is 0.372 e. The first kappa shape index (κ1) is 26.6. The highest BCUT2D eigenvalue weighted by molar-refractivity contribution is 5.36. The van der Waals surface area contributed by atoms with Crippen molar-refractivity contribution in [3.05, 3.63) is 106 Å². The number of ether oxygens (including phenoxy) is 1. The van der Waals surface area contributed by atoms with Crippen LogP contribution in [0.2, 0.25) is 0 Å². The quantitative estimate of drug-likeness (QED) is 0.241. The first-order valence-corrected chi connectivity index (χ1v) is 10.9. The fraction of sp³-hybridized carbons (Fsp3) is 0.357. The predicted molar refractivity (Wildman–Crippen MR) is 127 cm³/mol. The van der Waals surface area contributed by atoms with E-state index in [4.69, 9.17) is 4.74 Å². The van der Waals surface area contributed by atoms with Crippen LogP contribution in [0.5, 0.6) is 0 Å². The molecule has 2 rings (SSSR count). The van der Waals surface area contributed by atoms with Crippen LogP contribution in [0.3, 0.4) is 0 Å². The van der Waals surface area contributed by atoms with E-state index in [-0.39, 0.29) is 0 Å². The molecule has 2 aromatic rings. The Morgan fingerprint density at radius 3 is 1.97 bits per heavy atom. The van der Waals surface area contributed by atoms with Crippen molar-refractivity contribution in [2.45, 2.75) is 59.0 Å². The van der Waals surface area contributed by atoms with Crippen LogP contribution in [-0.4, -0.2) is 6.61 Å². The maximum Gasteiger partial charge on any atom is 0.270 e. The first-order chi connectivity index (χ1) is 15.3. The molecule has 0 N–H and O–H groups in total. The van der Waals surface area contributed by atoms with Crippen LogP contribution >= 0.6 is 0 Å². The van der Waals surface area contributed by atoms with Crippen molar-refractivity contribution in [3.63, 3.8) is 0 Å². The SMILES string of the molecule is C=C(C)/C=C(\C=C(/C)CCc1cc(C(C)(F)F)cc(C(C)(F)F)c1)COCc1ccccc1. The van der Waals surface area contributed by atoms with Crippen LogP contribution in [0, 0.1) is 0 Å². The van der Waals surface area contributed by atoms with Gasteiger partial charge < -0.3 is 4.74 Å². The molecule has 0 unspecified atom stereocenters. The third kappa shape index (κ3) is 9.39. The lowest BCUT2D eigenvalue weighted by molar-refractivity contribution is 0.0104. The highest BCUT2D eigenvalue weighted by Gasteiger charge is 2.30. The Morgan fingerprint density at radius 2 is 1.45 bits per heavy atom. The summed E-state index contributed by atoms with van der Waals surface area (Å²) >= 11 is 0. The van der Waals surface area contributed by atoms with Crippen LogP contribution in [0.15, 0.2) is 84.0 Å². The highest BCUT2D eigenvalue weighted by Crippen LogP contribution is 2.34. The van der Waals surface area contributed by atoms with Crippen LogP contribution in [0.1, 0.15) is 56.4 Å². The molecule has 0 aliphatic heterocycles. The van der Waals surface area contributed by atoms with Gasteiger partial charge in [0.25, 0.3) is 11.8 Å². The van der Waals surface area contributed by atoms with Gasteiger partial charge in [0, 0.05) is 25.0 Å². The third-order valence-electron chi connectivity index (χ3n) is 5.06.